The number of thiophene rings is 1. The normalized spacial score (nSPS) is 16.2. The zero-order valence-corrected chi connectivity index (χ0v) is 18.6. The van der Waals surface area contributed by atoms with Crippen molar-refractivity contribution >= 4 is 44.2 Å². The fourth-order valence-corrected chi connectivity index (χ4v) is 5.62. The van der Waals surface area contributed by atoms with Crippen molar-refractivity contribution in [2.45, 2.75) is 12.3 Å². The number of fused-ring (bicyclic) bond motifs is 2. The molecule has 164 valence electrons. The van der Waals surface area contributed by atoms with Crippen LogP contribution in [0.5, 0.6) is 0 Å². The monoisotopic (exact) mass is 448 g/mol. The summed E-state index contributed by atoms with van der Waals surface area (Å²) < 4.78 is 11.9. The van der Waals surface area contributed by atoms with Crippen molar-refractivity contribution < 1.29 is 18.7 Å². The number of methoxy groups -OCH3 is 1. The molecular formula is C25H24N2O4S. The van der Waals surface area contributed by atoms with Crippen LogP contribution in [-0.4, -0.2) is 50.1 Å². The molecular weight excluding hydrogens is 424 g/mol. The van der Waals surface area contributed by atoms with Crippen molar-refractivity contribution in [2.24, 2.45) is 0 Å². The van der Waals surface area contributed by atoms with Crippen LogP contribution in [-0.2, 0) is 4.74 Å². The highest BCUT2D eigenvalue weighted by Crippen LogP contribution is 2.40. The molecule has 0 aliphatic carbocycles. The second-order valence-corrected chi connectivity index (χ2v) is 9.03. The van der Waals surface area contributed by atoms with E-state index in [0.29, 0.717) is 37.6 Å². The maximum absolute atomic E-state index is 13.1. The summed E-state index contributed by atoms with van der Waals surface area (Å²) in [4.78, 5) is 28.6. The van der Waals surface area contributed by atoms with Crippen LogP contribution < -0.4 is 5.32 Å². The molecule has 1 atom stereocenters. The Labute approximate surface area is 189 Å². The lowest BCUT2D eigenvalue weighted by molar-refractivity contribution is 0.0761. The molecule has 1 fully saturated rings. The summed E-state index contributed by atoms with van der Waals surface area (Å²) in [6.45, 7) is 2.13. The molecule has 2 aromatic carbocycles. The number of nitrogens with zero attached hydrogens (tertiary/aromatic N) is 1. The lowest BCUT2D eigenvalue weighted by Crippen LogP contribution is -2.29. The minimum absolute atomic E-state index is 0.0830. The van der Waals surface area contributed by atoms with Gasteiger partial charge >= 0.3 is 0 Å². The maximum Gasteiger partial charge on any atom is 0.289 e. The average Bonchev–Trinajstić information content (AvgIpc) is 3.54. The molecule has 1 saturated heterocycles. The van der Waals surface area contributed by atoms with Crippen molar-refractivity contribution in [1.29, 1.82) is 0 Å². The Bertz CT molecular complexity index is 1260. The molecule has 4 aromatic rings. The first-order valence-corrected chi connectivity index (χ1v) is 11.5. The SMILES string of the molecule is COCCNC(=O)c1sc2ccccc2c1C1CCN(C(=O)c2cc3ccccc3o2)C1. The highest BCUT2D eigenvalue weighted by Gasteiger charge is 2.33. The lowest BCUT2D eigenvalue weighted by Gasteiger charge is -2.16. The predicted octanol–water partition coefficient (Wildman–Crippen LogP) is 4.65. The molecule has 2 amide bonds. The summed E-state index contributed by atoms with van der Waals surface area (Å²) in [7, 11) is 1.61. The van der Waals surface area contributed by atoms with Crippen LogP contribution in [0.2, 0.25) is 0 Å². The third kappa shape index (κ3) is 3.78. The second-order valence-electron chi connectivity index (χ2n) is 7.97. The summed E-state index contributed by atoms with van der Waals surface area (Å²) in [5.74, 6) is 0.275. The molecule has 32 heavy (non-hydrogen) atoms. The van der Waals surface area contributed by atoms with Gasteiger partial charge in [0.05, 0.1) is 11.5 Å². The number of rotatable bonds is 6. The molecule has 1 aliphatic heterocycles. The van der Waals surface area contributed by atoms with Crippen molar-refractivity contribution in [1.82, 2.24) is 10.2 Å². The highest BCUT2D eigenvalue weighted by molar-refractivity contribution is 7.21. The number of ether oxygens (including phenoxy) is 1. The van der Waals surface area contributed by atoms with Gasteiger partial charge in [-0.25, -0.2) is 0 Å². The van der Waals surface area contributed by atoms with Gasteiger partial charge < -0.3 is 19.4 Å². The molecule has 0 bridgehead atoms. The first-order valence-electron chi connectivity index (χ1n) is 10.7. The Morgan fingerprint density at radius 2 is 2.00 bits per heavy atom. The summed E-state index contributed by atoms with van der Waals surface area (Å²) in [5.41, 5.74) is 1.76. The van der Waals surface area contributed by atoms with E-state index in [0.717, 1.165) is 32.3 Å². The standard InChI is InChI=1S/C25H24N2O4S/c1-30-13-11-26-24(28)23-22(18-7-3-5-9-21(18)32-23)17-10-12-27(15-17)25(29)20-14-16-6-2-4-8-19(16)31-20/h2-9,14,17H,10-13,15H2,1H3,(H,26,28). The number of carbonyl (C=O) groups excluding carboxylic acids is 2. The topological polar surface area (TPSA) is 71.8 Å². The zero-order chi connectivity index (χ0) is 22.1. The van der Waals surface area contributed by atoms with Crippen molar-refractivity contribution in [3.8, 4) is 0 Å². The molecule has 1 N–H and O–H groups in total. The Morgan fingerprint density at radius 3 is 2.84 bits per heavy atom. The smallest absolute Gasteiger partial charge is 0.289 e. The van der Waals surface area contributed by atoms with Gasteiger partial charge in [-0.3, -0.25) is 9.59 Å². The quantitative estimate of drug-likeness (QED) is 0.436. The van der Waals surface area contributed by atoms with Gasteiger partial charge in [-0.2, -0.15) is 0 Å². The van der Waals surface area contributed by atoms with Gasteiger partial charge in [0, 0.05) is 42.7 Å². The molecule has 6 nitrogen and oxygen atoms in total. The van der Waals surface area contributed by atoms with Gasteiger partial charge in [-0.15, -0.1) is 11.3 Å². The van der Waals surface area contributed by atoms with Gasteiger partial charge in [-0.1, -0.05) is 36.4 Å². The van der Waals surface area contributed by atoms with E-state index in [9.17, 15) is 9.59 Å². The second kappa shape index (κ2) is 8.76. The molecule has 0 saturated carbocycles. The molecule has 0 spiro atoms. The minimum Gasteiger partial charge on any atom is -0.451 e. The molecule has 0 radical (unpaired) electrons. The third-order valence-corrected chi connectivity index (χ3v) is 7.14. The van der Waals surface area contributed by atoms with E-state index in [2.05, 4.69) is 11.4 Å². The molecule has 3 heterocycles. The fraction of sp³-hybridized carbons (Fsp3) is 0.280. The minimum atomic E-state index is -0.102. The van der Waals surface area contributed by atoms with Crippen LogP contribution in [0.1, 0.15) is 38.1 Å². The van der Waals surface area contributed by atoms with E-state index in [4.69, 9.17) is 9.15 Å². The van der Waals surface area contributed by atoms with Gasteiger partial charge in [-0.05, 0) is 35.6 Å². The van der Waals surface area contributed by atoms with E-state index in [-0.39, 0.29) is 17.7 Å². The van der Waals surface area contributed by atoms with E-state index in [1.807, 2.05) is 47.4 Å². The third-order valence-electron chi connectivity index (χ3n) is 5.95. The summed E-state index contributed by atoms with van der Waals surface area (Å²) in [5, 5.41) is 4.97. The van der Waals surface area contributed by atoms with E-state index >= 15 is 0 Å². The maximum atomic E-state index is 13.1. The first kappa shape index (κ1) is 20.7. The summed E-state index contributed by atoms with van der Waals surface area (Å²) in [6.07, 6.45) is 0.811. The van der Waals surface area contributed by atoms with Crippen LogP contribution in [0.15, 0.2) is 59.0 Å². The van der Waals surface area contributed by atoms with Gasteiger partial charge in [0.1, 0.15) is 5.58 Å². The number of hydrogen-bond donors (Lipinski definition) is 1. The highest BCUT2D eigenvalue weighted by atomic mass is 32.1. The number of benzene rings is 2. The van der Waals surface area contributed by atoms with Gasteiger partial charge in [0.15, 0.2) is 5.76 Å². The Hall–Kier alpha value is -3.16. The Balaban J connectivity index is 1.41. The van der Waals surface area contributed by atoms with E-state index in [1.165, 1.54) is 11.3 Å². The van der Waals surface area contributed by atoms with Crippen LogP contribution in [0.4, 0.5) is 0 Å². The van der Waals surface area contributed by atoms with Crippen LogP contribution >= 0.6 is 11.3 Å². The van der Waals surface area contributed by atoms with E-state index < -0.39 is 0 Å². The molecule has 7 heteroatoms. The summed E-state index contributed by atoms with van der Waals surface area (Å²) in [6, 6.07) is 17.5. The lowest BCUT2D eigenvalue weighted by atomic mass is 9.95. The predicted molar refractivity (Wildman–Crippen MR) is 126 cm³/mol. The largest absolute Gasteiger partial charge is 0.451 e. The van der Waals surface area contributed by atoms with Crippen molar-refractivity contribution in [2.75, 3.05) is 33.4 Å². The number of hydrogen-bond acceptors (Lipinski definition) is 5. The molecule has 2 aromatic heterocycles. The first-order chi connectivity index (χ1) is 15.7. The molecule has 1 aliphatic rings. The number of likely N-dealkylation sites (tertiary alicyclic amines) is 1. The Morgan fingerprint density at radius 1 is 1.19 bits per heavy atom. The van der Waals surface area contributed by atoms with E-state index in [1.54, 1.807) is 13.2 Å². The number of amides is 2. The number of para-hydroxylation sites is 1. The van der Waals surface area contributed by atoms with Gasteiger partial charge in [0.2, 0.25) is 0 Å². The van der Waals surface area contributed by atoms with Crippen LogP contribution in [0.3, 0.4) is 0 Å². The number of carbonyl (C=O) groups is 2. The zero-order valence-electron chi connectivity index (χ0n) is 17.8. The molecule has 1 unspecified atom stereocenters. The Kier molecular flexibility index (Phi) is 5.68. The van der Waals surface area contributed by atoms with Crippen molar-refractivity contribution in [3.63, 3.8) is 0 Å². The van der Waals surface area contributed by atoms with Gasteiger partial charge in [0.25, 0.3) is 11.8 Å². The van der Waals surface area contributed by atoms with Crippen molar-refractivity contribution in [3.05, 3.63) is 70.8 Å². The summed E-state index contributed by atoms with van der Waals surface area (Å²) >= 11 is 1.51. The van der Waals surface area contributed by atoms with Crippen LogP contribution in [0, 0.1) is 0 Å². The fourth-order valence-electron chi connectivity index (χ4n) is 4.41. The number of furan rings is 1. The van der Waals surface area contributed by atoms with Crippen LogP contribution in [0.25, 0.3) is 21.1 Å². The molecule has 5 rings (SSSR count). The number of nitrogens with one attached hydrogen (secondary N) is 1. The average molecular weight is 449 g/mol.